The molecule has 0 bridgehead atoms. The molecule has 20 heavy (non-hydrogen) atoms. The number of nitrogens with zero attached hydrogens (tertiary/aromatic N) is 1. The normalized spacial score (nSPS) is 20.1. The summed E-state index contributed by atoms with van der Waals surface area (Å²) in [4.78, 5) is 25.3. The molecule has 108 valence electrons. The number of likely N-dealkylation sites (tertiary alicyclic amines) is 1. The standard InChI is InChI=1S/C16H21NO3/c1-11-6-4-5-7-12(11)13(18)10-17-14(19)8-16(2,3)9-15(17)20/h4-7,13,18H,8-10H2,1-3H3. The molecule has 0 spiro atoms. The van der Waals surface area contributed by atoms with Gasteiger partial charge in [0.15, 0.2) is 0 Å². The third-order valence-electron chi connectivity index (χ3n) is 3.76. The van der Waals surface area contributed by atoms with Gasteiger partial charge in [0, 0.05) is 12.8 Å². The number of aryl methyl sites for hydroxylation is 1. The van der Waals surface area contributed by atoms with Crippen molar-refractivity contribution in [2.45, 2.75) is 39.7 Å². The third-order valence-corrected chi connectivity index (χ3v) is 3.76. The van der Waals surface area contributed by atoms with E-state index < -0.39 is 6.10 Å². The van der Waals surface area contributed by atoms with Gasteiger partial charge in [-0.1, -0.05) is 38.1 Å². The van der Waals surface area contributed by atoms with Gasteiger partial charge in [0.05, 0.1) is 12.6 Å². The third kappa shape index (κ3) is 3.07. The molecule has 1 aliphatic rings. The zero-order valence-electron chi connectivity index (χ0n) is 12.2. The second-order valence-electron chi connectivity index (χ2n) is 6.29. The molecule has 0 radical (unpaired) electrons. The summed E-state index contributed by atoms with van der Waals surface area (Å²) in [5.41, 5.74) is 1.44. The predicted molar refractivity (Wildman–Crippen MR) is 75.9 cm³/mol. The van der Waals surface area contributed by atoms with Crippen molar-refractivity contribution in [3.63, 3.8) is 0 Å². The summed E-state index contributed by atoms with van der Waals surface area (Å²) in [5, 5.41) is 10.3. The van der Waals surface area contributed by atoms with E-state index in [-0.39, 0.29) is 23.8 Å². The second-order valence-corrected chi connectivity index (χ2v) is 6.29. The molecule has 1 aromatic carbocycles. The van der Waals surface area contributed by atoms with Gasteiger partial charge in [-0.3, -0.25) is 14.5 Å². The van der Waals surface area contributed by atoms with E-state index in [4.69, 9.17) is 0 Å². The van der Waals surface area contributed by atoms with Crippen LogP contribution in [-0.2, 0) is 9.59 Å². The SMILES string of the molecule is Cc1ccccc1C(O)CN1C(=O)CC(C)(C)CC1=O. The molecule has 1 atom stereocenters. The fourth-order valence-corrected chi connectivity index (χ4v) is 2.65. The van der Waals surface area contributed by atoms with Gasteiger partial charge < -0.3 is 5.11 Å². The number of amides is 2. The van der Waals surface area contributed by atoms with Crippen molar-refractivity contribution in [2.75, 3.05) is 6.54 Å². The fraction of sp³-hybridized carbons (Fsp3) is 0.500. The van der Waals surface area contributed by atoms with Crippen molar-refractivity contribution in [1.82, 2.24) is 4.90 Å². The number of aliphatic hydroxyl groups excluding tert-OH is 1. The summed E-state index contributed by atoms with van der Waals surface area (Å²) in [6.07, 6.45) is -0.135. The van der Waals surface area contributed by atoms with Crippen LogP contribution in [0.1, 0.15) is 43.9 Å². The smallest absolute Gasteiger partial charge is 0.229 e. The van der Waals surface area contributed by atoms with Crippen LogP contribution in [0, 0.1) is 12.3 Å². The highest BCUT2D eigenvalue weighted by atomic mass is 16.3. The summed E-state index contributed by atoms with van der Waals surface area (Å²) < 4.78 is 0. The van der Waals surface area contributed by atoms with E-state index >= 15 is 0 Å². The van der Waals surface area contributed by atoms with Crippen LogP contribution in [0.15, 0.2) is 24.3 Å². The minimum absolute atomic E-state index is 0.0403. The Morgan fingerprint density at radius 3 is 2.30 bits per heavy atom. The summed E-state index contributed by atoms with van der Waals surface area (Å²) >= 11 is 0. The molecule has 4 heteroatoms. The predicted octanol–water partition coefficient (Wildman–Crippen LogP) is 2.20. The van der Waals surface area contributed by atoms with Crippen molar-refractivity contribution < 1.29 is 14.7 Å². The molecule has 1 saturated heterocycles. The van der Waals surface area contributed by atoms with Gasteiger partial charge in [-0.05, 0) is 23.5 Å². The number of imide groups is 1. The van der Waals surface area contributed by atoms with Gasteiger partial charge in [0.2, 0.25) is 11.8 Å². The van der Waals surface area contributed by atoms with E-state index in [2.05, 4.69) is 0 Å². The Morgan fingerprint density at radius 2 is 1.75 bits per heavy atom. The molecular formula is C16H21NO3. The minimum atomic E-state index is -0.828. The molecule has 1 fully saturated rings. The Balaban J connectivity index is 2.12. The Bertz CT molecular complexity index is 516. The van der Waals surface area contributed by atoms with Crippen molar-refractivity contribution >= 4 is 11.8 Å². The first kappa shape index (κ1) is 14.7. The maximum Gasteiger partial charge on any atom is 0.229 e. The number of benzene rings is 1. The molecule has 1 aromatic rings. The fourth-order valence-electron chi connectivity index (χ4n) is 2.65. The lowest BCUT2D eigenvalue weighted by Gasteiger charge is -2.35. The number of β-amino-alcohol motifs (C(OH)–C–C–N with tert-alkyl or cyclic N) is 1. The highest BCUT2D eigenvalue weighted by Gasteiger charge is 2.38. The average Bonchev–Trinajstić information content (AvgIpc) is 2.33. The number of aliphatic hydroxyl groups is 1. The highest BCUT2D eigenvalue weighted by molar-refractivity contribution is 5.98. The maximum atomic E-state index is 12.1. The van der Waals surface area contributed by atoms with Gasteiger partial charge in [-0.2, -0.15) is 0 Å². The topological polar surface area (TPSA) is 57.6 Å². The summed E-state index contributed by atoms with van der Waals surface area (Å²) in [7, 11) is 0. The lowest BCUT2D eigenvalue weighted by Crippen LogP contribution is -2.47. The van der Waals surface area contributed by atoms with E-state index in [1.807, 2.05) is 45.0 Å². The van der Waals surface area contributed by atoms with Gasteiger partial charge >= 0.3 is 0 Å². The van der Waals surface area contributed by atoms with E-state index in [9.17, 15) is 14.7 Å². The number of hydrogen-bond donors (Lipinski definition) is 1. The molecule has 0 saturated carbocycles. The monoisotopic (exact) mass is 275 g/mol. The first-order valence-corrected chi connectivity index (χ1v) is 6.87. The minimum Gasteiger partial charge on any atom is -0.387 e. The van der Waals surface area contributed by atoms with Crippen molar-refractivity contribution in [2.24, 2.45) is 5.41 Å². The Morgan fingerprint density at radius 1 is 1.20 bits per heavy atom. The zero-order chi connectivity index (χ0) is 14.9. The molecule has 2 amide bonds. The van der Waals surface area contributed by atoms with E-state index in [1.165, 1.54) is 4.90 Å². The number of carbonyl (C=O) groups is 2. The van der Waals surface area contributed by atoms with Crippen LogP contribution in [0.3, 0.4) is 0 Å². The molecule has 1 heterocycles. The van der Waals surface area contributed by atoms with Crippen LogP contribution < -0.4 is 0 Å². The molecular weight excluding hydrogens is 254 g/mol. The van der Waals surface area contributed by atoms with E-state index in [0.29, 0.717) is 12.8 Å². The summed E-state index contributed by atoms with van der Waals surface area (Å²) in [6, 6.07) is 7.46. The van der Waals surface area contributed by atoms with Gasteiger partial charge in [-0.15, -0.1) is 0 Å². The molecule has 1 aliphatic heterocycles. The van der Waals surface area contributed by atoms with Crippen molar-refractivity contribution in [3.8, 4) is 0 Å². The molecule has 4 nitrogen and oxygen atoms in total. The Hall–Kier alpha value is -1.68. The van der Waals surface area contributed by atoms with Gasteiger partial charge in [0.25, 0.3) is 0 Å². The molecule has 0 aromatic heterocycles. The zero-order valence-corrected chi connectivity index (χ0v) is 12.2. The molecule has 2 rings (SSSR count). The first-order chi connectivity index (χ1) is 9.30. The molecule has 1 unspecified atom stereocenters. The first-order valence-electron chi connectivity index (χ1n) is 6.87. The maximum absolute atomic E-state index is 12.1. The van der Waals surface area contributed by atoms with Crippen LogP contribution in [0.2, 0.25) is 0 Å². The molecule has 0 aliphatic carbocycles. The van der Waals surface area contributed by atoms with Crippen LogP contribution in [0.5, 0.6) is 0 Å². The average molecular weight is 275 g/mol. The lowest BCUT2D eigenvalue weighted by atomic mass is 9.81. The Labute approximate surface area is 119 Å². The van der Waals surface area contributed by atoms with E-state index in [0.717, 1.165) is 11.1 Å². The van der Waals surface area contributed by atoms with Crippen LogP contribution in [0.25, 0.3) is 0 Å². The van der Waals surface area contributed by atoms with Crippen molar-refractivity contribution in [1.29, 1.82) is 0 Å². The highest BCUT2D eigenvalue weighted by Crippen LogP contribution is 2.32. The summed E-state index contributed by atoms with van der Waals surface area (Å²) in [5.74, 6) is -0.391. The lowest BCUT2D eigenvalue weighted by molar-refractivity contribution is -0.154. The largest absolute Gasteiger partial charge is 0.387 e. The number of hydrogen-bond acceptors (Lipinski definition) is 3. The quantitative estimate of drug-likeness (QED) is 0.860. The Kier molecular flexibility index (Phi) is 3.95. The molecule has 1 N–H and O–H groups in total. The summed E-state index contributed by atoms with van der Waals surface area (Å²) in [6.45, 7) is 5.77. The van der Waals surface area contributed by atoms with Crippen LogP contribution in [0.4, 0.5) is 0 Å². The second kappa shape index (κ2) is 5.37. The van der Waals surface area contributed by atoms with Gasteiger partial charge in [-0.25, -0.2) is 0 Å². The van der Waals surface area contributed by atoms with Crippen molar-refractivity contribution in [3.05, 3.63) is 35.4 Å². The van der Waals surface area contributed by atoms with Crippen LogP contribution in [-0.4, -0.2) is 28.4 Å². The van der Waals surface area contributed by atoms with E-state index in [1.54, 1.807) is 0 Å². The number of rotatable bonds is 3. The number of carbonyl (C=O) groups excluding carboxylic acids is 2. The number of piperidine rings is 1. The van der Waals surface area contributed by atoms with Gasteiger partial charge in [0.1, 0.15) is 0 Å². The van der Waals surface area contributed by atoms with Crippen LogP contribution >= 0.6 is 0 Å².